The largest absolute Gasteiger partial charge is 0.364 e. The molecule has 1 aromatic rings. The number of rotatable bonds is 3. The highest BCUT2D eigenvalue weighted by Crippen LogP contribution is 2.40. The lowest BCUT2D eigenvalue weighted by atomic mass is 10.1. The van der Waals surface area contributed by atoms with Crippen LogP contribution < -0.4 is 0 Å². The molecule has 0 aliphatic carbocycles. The van der Waals surface area contributed by atoms with Crippen LogP contribution in [0.2, 0.25) is 5.02 Å². The maximum Gasteiger partial charge on any atom is 0.104 e. The number of thioether (sulfide) groups is 1. The minimum absolute atomic E-state index is 0.339. The molecule has 1 aliphatic rings. The van der Waals surface area contributed by atoms with Crippen molar-refractivity contribution in [3.63, 3.8) is 0 Å². The minimum Gasteiger partial charge on any atom is -0.364 e. The van der Waals surface area contributed by atoms with Crippen LogP contribution in [0.3, 0.4) is 0 Å². The van der Waals surface area contributed by atoms with Crippen molar-refractivity contribution < 1.29 is 4.74 Å². The summed E-state index contributed by atoms with van der Waals surface area (Å²) in [7, 11) is 0. The van der Waals surface area contributed by atoms with E-state index in [9.17, 15) is 0 Å². The van der Waals surface area contributed by atoms with E-state index >= 15 is 0 Å². The summed E-state index contributed by atoms with van der Waals surface area (Å²) in [6.07, 6.45) is 1.55. The molecule has 2 rings (SSSR count). The zero-order chi connectivity index (χ0) is 12.4. The Morgan fingerprint density at radius 3 is 2.47 bits per heavy atom. The summed E-state index contributed by atoms with van der Waals surface area (Å²) in [5.74, 6) is 0.671. The van der Waals surface area contributed by atoms with E-state index in [4.69, 9.17) is 16.3 Å². The first kappa shape index (κ1) is 13.3. The summed E-state index contributed by atoms with van der Waals surface area (Å²) >= 11 is 7.80. The number of halogens is 1. The highest BCUT2D eigenvalue weighted by molar-refractivity contribution is 8.00. The maximum absolute atomic E-state index is 5.93. The summed E-state index contributed by atoms with van der Waals surface area (Å²) in [4.78, 5) is 0. The monoisotopic (exact) mass is 270 g/mol. The van der Waals surface area contributed by atoms with Crippen molar-refractivity contribution in [2.75, 3.05) is 0 Å². The van der Waals surface area contributed by atoms with Gasteiger partial charge in [-0.2, -0.15) is 0 Å². The molecule has 94 valence electrons. The van der Waals surface area contributed by atoms with E-state index < -0.39 is 0 Å². The second kappa shape index (κ2) is 5.64. The summed E-state index contributed by atoms with van der Waals surface area (Å²) < 4.78 is 5.93. The maximum atomic E-state index is 5.93. The van der Waals surface area contributed by atoms with E-state index in [-0.39, 0.29) is 0 Å². The van der Waals surface area contributed by atoms with Crippen LogP contribution in [-0.2, 0) is 4.74 Å². The number of ether oxygens (including phenoxy) is 1. The van der Waals surface area contributed by atoms with E-state index in [1.807, 2.05) is 23.9 Å². The van der Waals surface area contributed by atoms with E-state index in [0.717, 1.165) is 11.4 Å². The lowest BCUT2D eigenvalue weighted by Gasteiger charge is -2.17. The second-order valence-electron chi connectivity index (χ2n) is 4.81. The average Bonchev–Trinajstić information content (AvgIpc) is 2.58. The van der Waals surface area contributed by atoms with Crippen LogP contribution in [0.5, 0.6) is 0 Å². The summed E-state index contributed by atoms with van der Waals surface area (Å²) in [6.45, 7) is 6.65. The molecule has 17 heavy (non-hydrogen) atoms. The van der Waals surface area contributed by atoms with Gasteiger partial charge in [0.25, 0.3) is 0 Å². The van der Waals surface area contributed by atoms with Gasteiger partial charge in [0.05, 0.1) is 6.10 Å². The standard InChI is InChI=1S/C14H19ClOS/c1-9-8-14(16-10(9)2)17-11(3)12-4-6-13(15)7-5-12/h4-7,9-11,14H,8H2,1-3H3/t9-,10+,11?,14?/m1/s1. The molecule has 1 nitrogen and oxygen atoms in total. The minimum atomic E-state index is 0.339. The Morgan fingerprint density at radius 1 is 1.29 bits per heavy atom. The van der Waals surface area contributed by atoms with Crippen molar-refractivity contribution in [3.05, 3.63) is 34.9 Å². The fourth-order valence-electron chi connectivity index (χ4n) is 2.05. The van der Waals surface area contributed by atoms with E-state index in [1.165, 1.54) is 5.56 Å². The van der Waals surface area contributed by atoms with E-state index in [1.54, 1.807) is 0 Å². The molecule has 1 saturated heterocycles. The number of benzene rings is 1. The SMILES string of the molecule is CC(SC1C[C@@H](C)[C@H](C)O1)c1ccc(Cl)cc1. The quantitative estimate of drug-likeness (QED) is 0.772. The number of hydrogen-bond acceptors (Lipinski definition) is 2. The molecule has 3 heteroatoms. The van der Waals surface area contributed by atoms with E-state index in [2.05, 4.69) is 32.9 Å². The first-order valence-electron chi connectivity index (χ1n) is 6.12. The first-order valence-corrected chi connectivity index (χ1v) is 7.44. The third-order valence-corrected chi connectivity index (χ3v) is 4.97. The van der Waals surface area contributed by atoms with Gasteiger partial charge in [-0.15, -0.1) is 11.8 Å². The zero-order valence-corrected chi connectivity index (χ0v) is 12.1. The van der Waals surface area contributed by atoms with E-state index in [0.29, 0.717) is 22.7 Å². The molecule has 4 atom stereocenters. The molecule has 0 amide bonds. The Kier molecular flexibility index (Phi) is 4.40. The molecular weight excluding hydrogens is 252 g/mol. The molecule has 0 saturated carbocycles. The van der Waals surface area contributed by atoms with Gasteiger partial charge in [-0.05, 0) is 43.9 Å². The van der Waals surface area contributed by atoms with Gasteiger partial charge in [0.1, 0.15) is 5.44 Å². The Balaban J connectivity index is 1.93. The van der Waals surface area contributed by atoms with Crippen LogP contribution in [0.1, 0.15) is 38.0 Å². The molecular formula is C14H19ClOS. The molecule has 1 aromatic carbocycles. The van der Waals surface area contributed by atoms with Gasteiger partial charge in [-0.1, -0.05) is 30.7 Å². The van der Waals surface area contributed by atoms with Gasteiger partial charge in [-0.3, -0.25) is 0 Å². The third kappa shape index (κ3) is 3.40. The van der Waals surface area contributed by atoms with Crippen LogP contribution in [0.25, 0.3) is 0 Å². The highest BCUT2D eigenvalue weighted by atomic mass is 35.5. The lowest BCUT2D eigenvalue weighted by Crippen LogP contribution is -2.07. The molecule has 1 heterocycles. The topological polar surface area (TPSA) is 9.23 Å². The third-order valence-electron chi connectivity index (χ3n) is 3.43. The smallest absolute Gasteiger partial charge is 0.104 e. The Hall–Kier alpha value is -0.180. The first-order chi connectivity index (χ1) is 8.06. The molecule has 0 aromatic heterocycles. The van der Waals surface area contributed by atoms with Crippen molar-refractivity contribution in [1.82, 2.24) is 0 Å². The van der Waals surface area contributed by atoms with Gasteiger partial charge in [0.15, 0.2) is 0 Å². The normalized spacial score (nSPS) is 30.5. The summed E-state index contributed by atoms with van der Waals surface area (Å²) in [5.41, 5.74) is 1.65. The molecule has 2 unspecified atom stereocenters. The van der Waals surface area contributed by atoms with Crippen molar-refractivity contribution in [2.24, 2.45) is 5.92 Å². The van der Waals surface area contributed by atoms with Gasteiger partial charge in [0, 0.05) is 10.3 Å². The van der Waals surface area contributed by atoms with Crippen LogP contribution in [0, 0.1) is 5.92 Å². The Labute approximate surface area is 113 Å². The van der Waals surface area contributed by atoms with Crippen molar-refractivity contribution in [1.29, 1.82) is 0 Å². The van der Waals surface area contributed by atoms with Crippen molar-refractivity contribution in [3.8, 4) is 0 Å². The van der Waals surface area contributed by atoms with Crippen molar-refractivity contribution in [2.45, 2.75) is 44.0 Å². The molecule has 0 spiro atoms. The predicted octanol–water partition coefficient (Wildman–Crippen LogP) is 4.91. The van der Waals surface area contributed by atoms with Gasteiger partial charge >= 0.3 is 0 Å². The summed E-state index contributed by atoms with van der Waals surface area (Å²) in [6, 6.07) is 8.10. The van der Waals surface area contributed by atoms with Gasteiger partial charge < -0.3 is 4.74 Å². The molecule has 1 fully saturated rings. The molecule has 0 N–H and O–H groups in total. The highest BCUT2D eigenvalue weighted by Gasteiger charge is 2.30. The molecule has 0 radical (unpaired) electrons. The fraction of sp³-hybridized carbons (Fsp3) is 0.571. The number of hydrogen-bond donors (Lipinski definition) is 0. The molecule has 0 bridgehead atoms. The van der Waals surface area contributed by atoms with Gasteiger partial charge in [0.2, 0.25) is 0 Å². The van der Waals surface area contributed by atoms with Crippen LogP contribution in [0.15, 0.2) is 24.3 Å². The predicted molar refractivity (Wildman–Crippen MR) is 75.6 cm³/mol. The Morgan fingerprint density at radius 2 is 1.94 bits per heavy atom. The van der Waals surface area contributed by atoms with Crippen LogP contribution >= 0.6 is 23.4 Å². The van der Waals surface area contributed by atoms with Crippen molar-refractivity contribution >= 4 is 23.4 Å². The molecule has 1 aliphatic heterocycles. The van der Waals surface area contributed by atoms with Crippen LogP contribution in [-0.4, -0.2) is 11.5 Å². The van der Waals surface area contributed by atoms with Gasteiger partial charge in [-0.25, -0.2) is 0 Å². The zero-order valence-electron chi connectivity index (χ0n) is 10.5. The lowest BCUT2D eigenvalue weighted by molar-refractivity contribution is 0.0920. The average molecular weight is 271 g/mol. The Bertz CT molecular complexity index is 355. The fourth-order valence-corrected chi connectivity index (χ4v) is 3.60. The van der Waals surface area contributed by atoms with Crippen LogP contribution in [0.4, 0.5) is 0 Å². The second-order valence-corrected chi connectivity index (χ2v) is 6.76. The summed E-state index contributed by atoms with van der Waals surface area (Å²) in [5, 5.41) is 1.25.